The van der Waals surface area contributed by atoms with E-state index in [0.29, 0.717) is 32.0 Å². The van der Waals surface area contributed by atoms with Gasteiger partial charge in [0.1, 0.15) is 0 Å². The van der Waals surface area contributed by atoms with Crippen molar-refractivity contribution in [2.45, 2.75) is 19.1 Å². The fraction of sp³-hybridized carbons (Fsp3) is 0.500. The largest absolute Gasteiger partial charge is 0.396 e. The van der Waals surface area contributed by atoms with Crippen molar-refractivity contribution in [1.29, 1.82) is 5.41 Å². The van der Waals surface area contributed by atoms with Crippen LogP contribution in [-0.2, 0) is 16.1 Å². The molecule has 4 heteroatoms. The molecule has 0 amide bonds. The van der Waals surface area contributed by atoms with Gasteiger partial charge in [-0.3, -0.25) is 0 Å². The molecule has 0 saturated carbocycles. The molecule has 0 bridgehead atoms. The lowest BCUT2D eigenvalue weighted by Crippen LogP contribution is -2.41. The van der Waals surface area contributed by atoms with Crippen molar-refractivity contribution in [2.75, 3.05) is 19.8 Å². The Kier molecular flexibility index (Phi) is 4.87. The minimum atomic E-state index is -0.213. The number of aliphatic hydroxyl groups excluding tert-OH is 1. The van der Waals surface area contributed by atoms with E-state index in [1.807, 2.05) is 30.3 Å². The van der Waals surface area contributed by atoms with Gasteiger partial charge in [-0.05, 0) is 5.56 Å². The van der Waals surface area contributed by atoms with Crippen molar-refractivity contribution in [3.8, 4) is 0 Å². The highest BCUT2D eigenvalue weighted by Gasteiger charge is 2.29. The van der Waals surface area contributed by atoms with Gasteiger partial charge < -0.3 is 20.0 Å². The van der Waals surface area contributed by atoms with Crippen molar-refractivity contribution in [3.05, 3.63) is 35.9 Å². The van der Waals surface area contributed by atoms with Crippen LogP contribution in [0.1, 0.15) is 12.0 Å². The fourth-order valence-electron chi connectivity index (χ4n) is 2.11. The molecule has 2 atom stereocenters. The smallest absolute Gasteiger partial charge is 0.0910 e. The number of benzene rings is 1. The molecule has 1 aliphatic rings. The van der Waals surface area contributed by atoms with Crippen LogP contribution < -0.4 is 0 Å². The Bertz CT molecular complexity index is 380. The molecular formula is C14H19NO3. The van der Waals surface area contributed by atoms with Gasteiger partial charge in [-0.2, -0.15) is 0 Å². The predicted octanol–water partition coefficient (Wildman–Crippen LogP) is 1.62. The van der Waals surface area contributed by atoms with Gasteiger partial charge in [0, 0.05) is 18.1 Å². The van der Waals surface area contributed by atoms with Gasteiger partial charge in [0.15, 0.2) is 0 Å². The molecule has 2 unspecified atom stereocenters. The summed E-state index contributed by atoms with van der Waals surface area (Å²) in [4.78, 5) is 0. The topological polar surface area (TPSA) is 62.5 Å². The average molecular weight is 249 g/mol. The lowest BCUT2D eigenvalue weighted by atomic mass is 9.93. The number of hydrogen-bond acceptors (Lipinski definition) is 4. The van der Waals surface area contributed by atoms with Gasteiger partial charge in [-0.1, -0.05) is 30.3 Å². The quantitative estimate of drug-likeness (QED) is 0.833. The van der Waals surface area contributed by atoms with E-state index in [0.717, 1.165) is 5.56 Å². The number of nitrogens with one attached hydrogen (secondary N) is 1. The third-order valence-electron chi connectivity index (χ3n) is 3.19. The highest BCUT2D eigenvalue weighted by atomic mass is 16.5. The van der Waals surface area contributed by atoms with Crippen LogP contribution in [-0.4, -0.2) is 36.7 Å². The molecule has 98 valence electrons. The van der Waals surface area contributed by atoms with E-state index in [2.05, 4.69) is 0 Å². The van der Waals surface area contributed by atoms with Gasteiger partial charge in [-0.15, -0.1) is 0 Å². The van der Waals surface area contributed by atoms with E-state index in [1.165, 1.54) is 0 Å². The molecule has 0 radical (unpaired) electrons. The summed E-state index contributed by atoms with van der Waals surface area (Å²) >= 11 is 0. The molecule has 0 aromatic heterocycles. The molecule has 1 aromatic carbocycles. The third kappa shape index (κ3) is 3.38. The Morgan fingerprint density at radius 1 is 1.33 bits per heavy atom. The van der Waals surface area contributed by atoms with Crippen LogP contribution in [0.5, 0.6) is 0 Å². The second kappa shape index (κ2) is 6.64. The predicted molar refractivity (Wildman–Crippen MR) is 68.8 cm³/mol. The molecule has 1 saturated heterocycles. The Hall–Kier alpha value is -1.23. The minimum absolute atomic E-state index is 0.0435. The first-order valence-corrected chi connectivity index (χ1v) is 6.22. The van der Waals surface area contributed by atoms with E-state index in [9.17, 15) is 5.11 Å². The molecular weight excluding hydrogens is 230 g/mol. The summed E-state index contributed by atoms with van der Waals surface area (Å²) < 4.78 is 11.2. The van der Waals surface area contributed by atoms with E-state index < -0.39 is 0 Å². The van der Waals surface area contributed by atoms with Crippen molar-refractivity contribution in [3.63, 3.8) is 0 Å². The van der Waals surface area contributed by atoms with E-state index >= 15 is 0 Å². The average Bonchev–Trinajstić information content (AvgIpc) is 2.40. The Labute approximate surface area is 107 Å². The zero-order valence-corrected chi connectivity index (χ0v) is 10.3. The highest BCUT2D eigenvalue weighted by Crippen LogP contribution is 2.18. The van der Waals surface area contributed by atoms with Crippen LogP contribution in [0.25, 0.3) is 0 Å². The van der Waals surface area contributed by atoms with Gasteiger partial charge in [0.05, 0.1) is 32.5 Å². The van der Waals surface area contributed by atoms with Crippen LogP contribution in [0.2, 0.25) is 0 Å². The molecule has 2 rings (SSSR count). The number of ether oxygens (including phenoxy) is 2. The fourth-order valence-corrected chi connectivity index (χ4v) is 2.11. The monoisotopic (exact) mass is 249 g/mol. The summed E-state index contributed by atoms with van der Waals surface area (Å²) in [6, 6.07) is 9.93. The van der Waals surface area contributed by atoms with Crippen molar-refractivity contribution in [1.82, 2.24) is 0 Å². The SMILES string of the molecule is N=C1CCOC(COCc2ccccc2)C1CO. The van der Waals surface area contributed by atoms with E-state index in [1.54, 1.807) is 0 Å². The zero-order valence-electron chi connectivity index (χ0n) is 10.3. The number of hydrogen-bond donors (Lipinski definition) is 2. The van der Waals surface area contributed by atoms with Gasteiger partial charge in [0.25, 0.3) is 0 Å². The van der Waals surface area contributed by atoms with Crippen LogP contribution in [0.3, 0.4) is 0 Å². The molecule has 1 heterocycles. The molecule has 4 nitrogen and oxygen atoms in total. The van der Waals surface area contributed by atoms with Gasteiger partial charge >= 0.3 is 0 Å². The van der Waals surface area contributed by atoms with Crippen LogP contribution in [0, 0.1) is 11.3 Å². The molecule has 1 fully saturated rings. The first-order chi connectivity index (χ1) is 8.81. The molecule has 18 heavy (non-hydrogen) atoms. The normalized spacial score (nSPS) is 24.2. The van der Waals surface area contributed by atoms with E-state index in [-0.39, 0.29) is 18.6 Å². The first kappa shape index (κ1) is 13.2. The summed E-state index contributed by atoms with van der Waals surface area (Å²) in [7, 11) is 0. The first-order valence-electron chi connectivity index (χ1n) is 6.22. The van der Waals surface area contributed by atoms with Crippen molar-refractivity contribution >= 4 is 5.71 Å². The summed E-state index contributed by atoms with van der Waals surface area (Å²) in [5.41, 5.74) is 1.68. The Balaban J connectivity index is 1.80. The zero-order chi connectivity index (χ0) is 12.8. The molecule has 2 N–H and O–H groups in total. The highest BCUT2D eigenvalue weighted by molar-refractivity contribution is 5.85. The second-order valence-corrected chi connectivity index (χ2v) is 4.47. The maximum absolute atomic E-state index is 9.27. The van der Waals surface area contributed by atoms with E-state index in [4.69, 9.17) is 14.9 Å². The molecule has 0 aliphatic carbocycles. The standard InChI is InChI=1S/C14H19NO3/c15-13-6-7-18-14(12(13)8-16)10-17-9-11-4-2-1-3-5-11/h1-5,12,14-16H,6-10H2. The molecule has 1 aromatic rings. The van der Waals surface area contributed by atoms with Crippen LogP contribution in [0.4, 0.5) is 0 Å². The minimum Gasteiger partial charge on any atom is -0.396 e. The van der Waals surface area contributed by atoms with Gasteiger partial charge in [0.2, 0.25) is 0 Å². The Morgan fingerprint density at radius 2 is 2.11 bits per heavy atom. The van der Waals surface area contributed by atoms with Crippen molar-refractivity contribution in [2.24, 2.45) is 5.92 Å². The molecule has 0 spiro atoms. The van der Waals surface area contributed by atoms with Crippen molar-refractivity contribution < 1.29 is 14.6 Å². The van der Waals surface area contributed by atoms with Crippen LogP contribution in [0.15, 0.2) is 30.3 Å². The lowest BCUT2D eigenvalue weighted by molar-refractivity contribution is -0.0549. The maximum atomic E-state index is 9.27. The Morgan fingerprint density at radius 3 is 2.83 bits per heavy atom. The van der Waals surface area contributed by atoms with Gasteiger partial charge in [-0.25, -0.2) is 0 Å². The second-order valence-electron chi connectivity index (χ2n) is 4.47. The summed E-state index contributed by atoms with van der Waals surface area (Å²) in [6.45, 7) is 1.46. The summed E-state index contributed by atoms with van der Waals surface area (Å²) in [6.07, 6.45) is 0.417. The lowest BCUT2D eigenvalue weighted by Gasteiger charge is -2.30. The maximum Gasteiger partial charge on any atom is 0.0910 e. The number of aliphatic hydroxyl groups is 1. The third-order valence-corrected chi connectivity index (χ3v) is 3.19. The molecule has 1 aliphatic heterocycles. The summed E-state index contributed by atoms with van der Waals surface area (Å²) in [5, 5.41) is 17.1. The number of rotatable bonds is 5. The van der Waals surface area contributed by atoms with Crippen LogP contribution >= 0.6 is 0 Å². The summed E-state index contributed by atoms with van der Waals surface area (Å²) in [5.74, 6) is -0.213.